The Kier molecular flexibility index (Phi) is 6.59. The third kappa shape index (κ3) is 6.02. The Balaban J connectivity index is 1.89. The van der Waals surface area contributed by atoms with Gasteiger partial charge in [0.25, 0.3) is 5.91 Å². The number of carbonyl (C=O) groups excluding carboxylic acids is 2. The minimum Gasteiger partial charge on any atom is -0.545 e. The summed E-state index contributed by atoms with van der Waals surface area (Å²) in [5.74, 6) is -0.473. The van der Waals surface area contributed by atoms with Crippen molar-refractivity contribution >= 4 is 23.6 Å². The second kappa shape index (κ2) is 9.12. The first-order valence-electron chi connectivity index (χ1n) is 7.72. The lowest BCUT2D eigenvalue weighted by atomic mass is 10.2. The Morgan fingerprint density at radius 3 is 2.48 bits per heavy atom. The van der Waals surface area contributed by atoms with E-state index in [1.54, 1.807) is 42.5 Å². The van der Waals surface area contributed by atoms with Crippen LogP contribution in [0.25, 0.3) is 6.08 Å². The Hall–Kier alpha value is -3.28. The number of hydrogen-bond donors (Lipinski definition) is 1. The molecule has 1 N–H and O–H groups in total. The average Bonchev–Trinajstić information content (AvgIpc) is 2.61. The van der Waals surface area contributed by atoms with E-state index in [9.17, 15) is 14.7 Å². The van der Waals surface area contributed by atoms with E-state index in [0.717, 1.165) is 6.08 Å². The number of rotatable bonds is 8. The van der Waals surface area contributed by atoms with Crippen molar-refractivity contribution in [3.63, 3.8) is 0 Å². The first-order chi connectivity index (χ1) is 12.1. The van der Waals surface area contributed by atoms with Crippen LogP contribution in [0.4, 0.5) is 5.69 Å². The molecule has 0 saturated heterocycles. The predicted molar refractivity (Wildman–Crippen MR) is 92.2 cm³/mol. The van der Waals surface area contributed by atoms with Crippen LogP contribution >= 0.6 is 0 Å². The van der Waals surface area contributed by atoms with Crippen LogP contribution in [-0.2, 0) is 9.59 Å². The van der Waals surface area contributed by atoms with Crippen LogP contribution in [0, 0.1) is 0 Å². The highest BCUT2D eigenvalue weighted by Crippen LogP contribution is 2.23. The van der Waals surface area contributed by atoms with Gasteiger partial charge < -0.3 is 24.7 Å². The standard InChI is InChI=1S/C19H19NO5/c1-2-24-17-6-4-3-5-16(17)20-18(21)13-25-15-10-7-14(8-11-15)9-12-19(22)23/h3-12H,2,13H2,1H3,(H,20,21)(H,22,23)/p-1/b12-9+. The van der Waals surface area contributed by atoms with E-state index in [2.05, 4.69) is 5.32 Å². The lowest BCUT2D eigenvalue weighted by molar-refractivity contribution is -0.297. The van der Waals surface area contributed by atoms with Gasteiger partial charge in [-0.3, -0.25) is 4.79 Å². The summed E-state index contributed by atoms with van der Waals surface area (Å²) in [6, 6.07) is 13.8. The van der Waals surface area contributed by atoms with Gasteiger partial charge in [-0.2, -0.15) is 0 Å². The second-order valence-corrected chi connectivity index (χ2v) is 4.99. The molecule has 2 aromatic carbocycles. The largest absolute Gasteiger partial charge is 0.545 e. The number of amides is 1. The number of hydrogen-bond acceptors (Lipinski definition) is 5. The molecule has 6 nitrogen and oxygen atoms in total. The highest BCUT2D eigenvalue weighted by Gasteiger charge is 2.08. The summed E-state index contributed by atoms with van der Waals surface area (Å²) in [6.45, 7) is 2.21. The van der Waals surface area contributed by atoms with Crippen molar-refractivity contribution in [2.75, 3.05) is 18.5 Å². The molecule has 0 radical (unpaired) electrons. The maximum absolute atomic E-state index is 12.0. The molecule has 6 heteroatoms. The van der Waals surface area contributed by atoms with E-state index in [-0.39, 0.29) is 12.5 Å². The molecule has 130 valence electrons. The minimum absolute atomic E-state index is 0.158. The van der Waals surface area contributed by atoms with Gasteiger partial charge in [0.2, 0.25) is 0 Å². The SMILES string of the molecule is CCOc1ccccc1NC(=O)COc1ccc(/C=C/C(=O)[O-])cc1. The number of carbonyl (C=O) groups is 2. The Labute approximate surface area is 145 Å². The molecule has 0 aliphatic heterocycles. The summed E-state index contributed by atoms with van der Waals surface area (Å²) in [5.41, 5.74) is 1.27. The summed E-state index contributed by atoms with van der Waals surface area (Å²) in [6.07, 6.45) is 2.36. The van der Waals surface area contributed by atoms with Crippen LogP contribution in [0.15, 0.2) is 54.6 Å². The number of carboxylic acid groups (broad SMARTS) is 1. The van der Waals surface area contributed by atoms with E-state index in [0.29, 0.717) is 29.4 Å². The molecule has 0 heterocycles. The second-order valence-electron chi connectivity index (χ2n) is 4.99. The van der Waals surface area contributed by atoms with Gasteiger partial charge in [-0.25, -0.2) is 0 Å². The number of aliphatic carboxylic acids is 1. The van der Waals surface area contributed by atoms with Crippen LogP contribution in [-0.4, -0.2) is 25.1 Å². The average molecular weight is 340 g/mol. The van der Waals surface area contributed by atoms with Crippen molar-refractivity contribution in [1.82, 2.24) is 0 Å². The fraction of sp³-hybridized carbons (Fsp3) is 0.158. The van der Waals surface area contributed by atoms with E-state index in [1.807, 2.05) is 13.0 Å². The number of carboxylic acids is 1. The highest BCUT2D eigenvalue weighted by molar-refractivity contribution is 5.93. The molecule has 0 aliphatic carbocycles. The first-order valence-corrected chi connectivity index (χ1v) is 7.72. The molecule has 2 aromatic rings. The number of nitrogens with one attached hydrogen (secondary N) is 1. The van der Waals surface area contributed by atoms with Crippen LogP contribution in [0.1, 0.15) is 12.5 Å². The van der Waals surface area contributed by atoms with Crippen molar-refractivity contribution in [2.45, 2.75) is 6.92 Å². The van der Waals surface area contributed by atoms with Gasteiger partial charge >= 0.3 is 0 Å². The quantitative estimate of drug-likeness (QED) is 0.741. The van der Waals surface area contributed by atoms with Crippen molar-refractivity contribution < 1.29 is 24.2 Å². The molecule has 0 spiro atoms. The molecule has 1 amide bonds. The Bertz CT molecular complexity index is 753. The van der Waals surface area contributed by atoms with Crippen LogP contribution in [0.2, 0.25) is 0 Å². The summed E-state index contributed by atoms with van der Waals surface area (Å²) in [4.78, 5) is 22.4. The molecule has 0 unspecified atom stereocenters. The maximum Gasteiger partial charge on any atom is 0.262 e. The topological polar surface area (TPSA) is 87.7 Å². The van der Waals surface area contributed by atoms with Gasteiger partial charge in [0, 0.05) is 0 Å². The van der Waals surface area contributed by atoms with Crippen molar-refractivity contribution in [3.8, 4) is 11.5 Å². The monoisotopic (exact) mass is 340 g/mol. The number of ether oxygens (including phenoxy) is 2. The highest BCUT2D eigenvalue weighted by atomic mass is 16.5. The predicted octanol–water partition coefficient (Wildman–Crippen LogP) is 1.87. The van der Waals surface area contributed by atoms with E-state index < -0.39 is 5.97 Å². The van der Waals surface area contributed by atoms with Crippen molar-refractivity contribution in [2.24, 2.45) is 0 Å². The van der Waals surface area contributed by atoms with Gasteiger partial charge in [0.15, 0.2) is 6.61 Å². The van der Waals surface area contributed by atoms with Gasteiger partial charge in [0.05, 0.1) is 18.3 Å². The lowest BCUT2D eigenvalue weighted by Gasteiger charge is -2.11. The van der Waals surface area contributed by atoms with Crippen LogP contribution in [0.5, 0.6) is 11.5 Å². The zero-order valence-electron chi connectivity index (χ0n) is 13.7. The number of anilines is 1. The van der Waals surface area contributed by atoms with E-state index in [4.69, 9.17) is 9.47 Å². The Morgan fingerprint density at radius 1 is 1.08 bits per heavy atom. The van der Waals surface area contributed by atoms with Gasteiger partial charge in [0.1, 0.15) is 11.5 Å². The van der Waals surface area contributed by atoms with Crippen molar-refractivity contribution in [1.29, 1.82) is 0 Å². The third-order valence-electron chi connectivity index (χ3n) is 3.12. The lowest BCUT2D eigenvalue weighted by Crippen LogP contribution is -2.20. The summed E-state index contributed by atoms with van der Waals surface area (Å²) >= 11 is 0. The zero-order valence-corrected chi connectivity index (χ0v) is 13.7. The third-order valence-corrected chi connectivity index (χ3v) is 3.12. The molecule has 0 aromatic heterocycles. The van der Waals surface area contributed by atoms with Crippen molar-refractivity contribution in [3.05, 3.63) is 60.2 Å². The molecule has 25 heavy (non-hydrogen) atoms. The van der Waals surface area contributed by atoms with Gasteiger partial charge in [-0.05, 0) is 42.8 Å². The molecule has 0 saturated carbocycles. The molecule has 0 atom stereocenters. The normalized spacial score (nSPS) is 10.4. The maximum atomic E-state index is 12.0. The van der Waals surface area contributed by atoms with Crippen LogP contribution in [0.3, 0.4) is 0 Å². The molecule has 0 fully saturated rings. The summed E-state index contributed by atoms with van der Waals surface area (Å²) < 4.78 is 10.9. The summed E-state index contributed by atoms with van der Waals surface area (Å²) in [5, 5.41) is 13.1. The Morgan fingerprint density at radius 2 is 1.80 bits per heavy atom. The number of benzene rings is 2. The van der Waals surface area contributed by atoms with E-state index in [1.165, 1.54) is 6.08 Å². The molecule has 0 bridgehead atoms. The zero-order chi connectivity index (χ0) is 18.1. The molecular weight excluding hydrogens is 322 g/mol. The van der Waals surface area contributed by atoms with Crippen LogP contribution < -0.4 is 19.9 Å². The molecule has 2 rings (SSSR count). The molecule has 0 aliphatic rings. The number of para-hydroxylation sites is 2. The van der Waals surface area contributed by atoms with Gasteiger partial charge in [-0.15, -0.1) is 0 Å². The minimum atomic E-state index is -1.26. The fourth-order valence-electron chi connectivity index (χ4n) is 2.03. The fourth-order valence-corrected chi connectivity index (χ4v) is 2.03. The van der Waals surface area contributed by atoms with Gasteiger partial charge in [-0.1, -0.05) is 30.3 Å². The van der Waals surface area contributed by atoms with E-state index >= 15 is 0 Å². The molecular formula is C19H18NO5-. The smallest absolute Gasteiger partial charge is 0.262 e. The summed E-state index contributed by atoms with van der Waals surface area (Å²) in [7, 11) is 0. The first kappa shape index (κ1) is 18.1.